The molecular weight excluding hydrogens is 326 g/mol. The number of carbonyl (C=O) groups excluding carboxylic acids is 1. The Hall–Kier alpha value is -1.56. The lowest BCUT2D eigenvalue weighted by atomic mass is 10.0. The minimum atomic E-state index is -3.28. The van der Waals surface area contributed by atoms with Crippen LogP contribution < -0.4 is 5.73 Å². The average Bonchev–Trinajstić information content (AvgIpc) is 2.52. The van der Waals surface area contributed by atoms with E-state index < -0.39 is 15.9 Å². The summed E-state index contributed by atoms with van der Waals surface area (Å²) in [6, 6.07) is 7.05. The molecule has 0 aliphatic heterocycles. The molecular formula is C18H29NO4S. The van der Waals surface area contributed by atoms with Crippen LogP contribution in [-0.2, 0) is 21.0 Å². The number of nitrogens with two attached hydrogens (primary N) is 1. The van der Waals surface area contributed by atoms with Crippen LogP contribution in [0.25, 0.3) is 0 Å². The Kier molecular flexibility index (Phi) is 8.82. The van der Waals surface area contributed by atoms with Gasteiger partial charge in [0, 0.05) is 0 Å². The second-order valence-corrected chi connectivity index (χ2v) is 8.18. The van der Waals surface area contributed by atoms with Gasteiger partial charge >= 0.3 is 6.09 Å². The van der Waals surface area contributed by atoms with Gasteiger partial charge in [0.25, 0.3) is 0 Å². The fourth-order valence-electron chi connectivity index (χ4n) is 2.88. The Balaban J connectivity index is 2.73. The van der Waals surface area contributed by atoms with E-state index in [1.165, 1.54) is 0 Å². The van der Waals surface area contributed by atoms with Crippen molar-refractivity contribution in [3.05, 3.63) is 29.8 Å². The molecule has 0 radical (unpaired) electrons. The van der Waals surface area contributed by atoms with Crippen molar-refractivity contribution < 1.29 is 17.9 Å². The van der Waals surface area contributed by atoms with Gasteiger partial charge in [0.15, 0.2) is 9.84 Å². The van der Waals surface area contributed by atoms with Crippen molar-refractivity contribution in [2.24, 2.45) is 11.7 Å². The monoisotopic (exact) mass is 355 g/mol. The third-order valence-electron chi connectivity index (χ3n) is 3.96. The summed E-state index contributed by atoms with van der Waals surface area (Å²) < 4.78 is 30.0. The molecule has 1 aromatic carbocycles. The molecule has 0 atom stereocenters. The smallest absolute Gasteiger partial charge is 0.404 e. The maximum atomic E-state index is 12.7. The van der Waals surface area contributed by atoms with E-state index in [9.17, 15) is 13.2 Å². The van der Waals surface area contributed by atoms with Crippen LogP contribution >= 0.6 is 0 Å². The lowest BCUT2D eigenvalue weighted by Crippen LogP contribution is -2.17. The zero-order valence-electron chi connectivity index (χ0n) is 14.7. The van der Waals surface area contributed by atoms with Gasteiger partial charge in [-0.3, -0.25) is 0 Å². The first-order valence-electron chi connectivity index (χ1n) is 8.63. The van der Waals surface area contributed by atoms with Gasteiger partial charge in [0.2, 0.25) is 0 Å². The molecule has 1 aromatic rings. The van der Waals surface area contributed by atoms with Gasteiger partial charge in [-0.1, -0.05) is 38.8 Å². The topological polar surface area (TPSA) is 86.5 Å². The fourth-order valence-corrected chi connectivity index (χ4v) is 4.64. The Bertz CT molecular complexity index is 607. The zero-order valence-corrected chi connectivity index (χ0v) is 15.5. The van der Waals surface area contributed by atoms with Crippen LogP contribution in [0.15, 0.2) is 29.2 Å². The van der Waals surface area contributed by atoms with E-state index in [0.717, 1.165) is 31.2 Å². The Morgan fingerprint density at radius 2 is 1.88 bits per heavy atom. The van der Waals surface area contributed by atoms with Crippen LogP contribution in [0.1, 0.15) is 51.5 Å². The minimum Gasteiger partial charge on any atom is -0.450 e. The highest BCUT2D eigenvalue weighted by Crippen LogP contribution is 2.22. The predicted octanol–water partition coefficient (Wildman–Crippen LogP) is 3.70. The van der Waals surface area contributed by atoms with E-state index in [1.54, 1.807) is 18.2 Å². The number of hydrogen-bond donors (Lipinski definition) is 1. The number of carbonyl (C=O) groups is 1. The molecule has 136 valence electrons. The Morgan fingerprint density at radius 1 is 1.21 bits per heavy atom. The van der Waals surface area contributed by atoms with Crippen molar-refractivity contribution in [1.29, 1.82) is 0 Å². The first-order valence-corrected chi connectivity index (χ1v) is 10.3. The van der Waals surface area contributed by atoms with Crippen molar-refractivity contribution in [3.8, 4) is 0 Å². The molecule has 0 aliphatic carbocycles. The maximum absolute atomic E-state index is 12.7. The van der Waals surface area contributed by atoms with Crippen LogP contribution in [0.3, 0.4) is 0 Å². The quantitative estimate of drug-likeness (QED) is 0.613. The van der Waals surface area contributed by atoms with Gasteiger partial charge in [-0.2, -0.15) is 0 Å². The van der Waals surface area contributed by atoms with E-state index in [0.29, 0.717) is 17.7 Å². The number of ether oxygens (including phenoxy) is 1. The lowest BCUT2D eigenvalue weighted by Gasteiger charge is -2.16. The summed E-state index contributed by atoms with van der Waals surface area (Å²) in [5, 5.41) is 0. The lowest BCUT2D eigenvalue weighted by molar-refractivity contribution is 0.155. The summed E-state index contributed by atoms with van der Waals surface area (Å²) in [4.78, 5) is 10.9. The summed E-state index contributed by atoms with van der Waals surface area (Å²) in [7, 11) is -3.28. The number of hydrogen-bond acceptors (Lipinski definition) is 4. The Morgan fingerprint density at radius 3 is 2.46 bits per heavy atom. The molecule has 2 N–H and O–H groups in total. The first-order chi connectivity index (χ1) is 11.4. The van der Waals surface area contributed by atoms with Gasteiger partial charge in [0.05, 0.1) is 17.3 Å². The van der Waals surface area contributed by atoms with Crippen LogP contribution in [0.4, 0.5) is 4.79 Å². The van der Waals surface area contributed by atoms with Gasteiger partial charge in [-0.25, -0.2) is 13.2 Å². The molecule has 5 nitrogen and oxygen atoms in total. The van der Waals surface area contributed by atoms with E-state index >= 15 is 0 Å². The highest BCUT2D eigenvalue weighted by Gasteiger charge is 2.20. The summed E-state index contributed by atoms with van der Waals surface area (Å²) in [5.74, 6) is 0.431. The van der Waals surface area contributed by atoms with Crippen molar-refractivity contribution >= 4 is 15.9 Å². The number of benzene rings is 1. The van der Waals surface area contributed by atoms with Crippen LogP contribution in [-0.4, -0.2) is 26.9 Å². The van der Waals surface area contributed by atoms with Crippen LogP contribution in [0.5, 0.6) is 0 Å². The molecule has 6 heteroatoms. The normalized spacial score (nSPS) is 11.6. The van der Waals surface area contributed by atoms with Gasteiger partial charge < -0.3 is 10.5 Å². The number of primary amides is 1. The highest BCUT2D eigenvalue weighted by molar-refractivity contribution is 7.91. The molecule has 0 spiro atoms. The average molecular weight is 356 g/mol. The number of amides is 1. The van der Waals surface area contributed by atoms with Gasteiger partial charge in [-0.15, -0.1) is 0 Å². The molecule has 0 saturated carbocycles. The van der Waals surface area contributed by atoms with Crippen molar-refractivity contribution in [1.82, 2.24) is 0 Å². The van der Waals surface area contributed by atoms with Crippen molar-refractivity contribution in [3.63, 3.8) is 0 Å². The van der Waals surface area contributed by atoms with Crippen molar-refractivity contribution in [2.45, 2.75) is 57.3 Å². The molecule has 1 rings (SSSR count). The number of sulfone groups is 1. The summed E-state index contributed by atoms with van der Waals surface area (Å²) in [6.45, 7) is 4.41. The van der Waals surface area contributed by atoms with Gasteiger partial charge in [-0.05, 0) is 49.3 Å². The van der Waals surface area contributed by atoms with E-state index in [4.69, 9.17) is 5.73 Å². The maximum Gasteiger partial charge on any atom is 0.404 e. The third-order valence-corrected chi connectivity index (χ3v) is 5.84. The first kappa shape index (κ1) is 20.5. The zero-order chi connectivity index (χ0) is 18.0. The largest absolute Gasteiger partial charge is 0.450 e. The summed E-state index contributed by atoms with van der Waals surface area (Å²) in [6.07, 6.45) is 4.35. The highest BCUT2D eigenvalue weighted by atomic mass is 32.2. The number of aryl methyl sites for hydroxylation is 1. The number of rotatable bonds is 11. The molecule has 0 heterocycles. The van der Waals surface area contributed by atoms with E-state index in [-0.39, 0.29) is 18.3 Å². The van der Waals surface area contributed by atoms with Crippen LogP contribution in [0, 0.1) is 5.92 Å². The second kappa shape index (κ2) is 10.3. The van der Waals surface area contributed by atoms with E-state index in [1.807, 2.05) is 6.07 Å². The molecule has 0 aromatic heterocycles. The second-order valence-electron chi connectivity index (χ2n) is 6.14. The molecule has 0 fully saturated rings. The molecule has 1 amide bonds. The van der Waals surface area contributed by atoms with E-state index in [2.05, 4.69) is 18.6 Å². The minimum absolute atomic E-state index is 0.211. The molecule has 0 unspecified atom stereocenters. The predicted molar refractivity (Wildman–Crippen MR) is 95.7 cm³/mol. The van der Waals surface area contributed by atoms with Crippen LogP contribution in [0.2, 0.25) is 0 Å². The Labute approximate surface area is 145 Å². The SMILES string of the molecule is CCCC(CCC)CS(=O)(=O)c1cccc(CCCOC(N)=O)c1. The summed E-state index contributed by atoms with van der Waals surface area (Å²) in [5.41, 5.74) is 5.83. The standard InChI is InChI=1S/C18H29NO4S/c1-3-7-16(8-4-2)14-24(21,22)17-11-5-9-15(13-17)10-6-12-23-18(19)20/h5,9,11,13,16H,3-4,6-8,10,12,14H2,1-2H3,(H2,19,20). The molecule has 0 saturated heterocycles. The molecule has 0 aliphatic rings. The van der Waals surface area contributed by atoms with Gasteiger partial charge in [0.1, 0.15) is 0 Å². The van der Waals surface area contributed by atoms with Crippen molar-refractivity contribution in [2.75, 3.05) is 12.4 Å². The fraction of sp³-hybridized carbons (Fsp3) is 0.611. The molecule has 24 heavy (non-hydrogen) atoms. The molecule has 0 bridgehead atoms. The third kappa shape index (κ3) is 7.34. The summed E-state index contributed by atoms with van der Waals surface area (Å²) >= 11 is 0.